The summed E-state index contributed by atoms with van der Waals surface area (Å²) in [4.78, 5) is 14.6. The van der Waals surface area contributed by atoms with Crippen molar-refractivity contribution in [2.45, 2.75) is 24.1 Å². The Morgan fingerprint density at radius 1 is 1.08 bits per heavy atom. The van der Waals surface area contributed by atoms with Crippen molar-refractivity contribution in [1.82, 2.24) is 4.90 Å². The van der Waals surface area contributed by atoms with Crippen LogP contribution in [0.15, 0.2) is 48.5 Å². The van der Waals surface area contributed by atoms with Gasteiger partial charge in [0.15, 0.2) is 11.5 Å². The third-order valence-corrected chi connectivity index (χ3v) is 5.69. The molecule has 124 valence electrons. The van der Waals surface area contributed by atoms with Crippen LogP contribution in [-0.2, 0) is 11.3 Å². The summed E-state index contributed by atoms with van der Waals surface area (Å²) in [7, 11) is 0. The fourth-order valence-corrected chi connectivity index (χ4v) is 4.35. The highest BCUT2D eigenvalue weighted by molar-refractivity contribution is 8.01. The minimum absolute atomic E-state index is 0.00327. The van der Waals surface area contributed by atoms with Crippen LogP contribution in [0.1, 0.15) is 23.4 Å². The van der Waals surface area contributed by atoms with Gasteiger partial charge in [-0.05, 0) is 30.2 Å². The van der Waals surface area contributed by atoms with Crippen LogP contribution in [-0.4, -0.2) is 29.3 Å². The molecule has 2 aromatic rings. The highest BCUT2D eigenvalue weighted by Gasteiger charge is 2.38. The van der Waals surface area contributed by atoms with Gasteiger partial charge in [0.1, 0.15) is 18.6 Å². The molecule has 0 N–H and O–H groups in total. The molecule has 5 heteroatoms. The smallest absolute Gasteiger partial charge is 0.236 e. The van der Waals surface area contributed by atoms with Crippen molar-refractivity contribution in [1.29, 1.82) is 0 Å². The van der Waals surface area contributed by atoms with Crippen molar-refractivity contribution < 1.29 is 14.3 Å². The van der Waals surface area contributed by atoms with Gasteiger partial charge in [0.25, 0.3) is 0 Å². The zero-order chi connectivity index (χ0) is 16.5. The molecular formula is C19H19NO3S. The highest BCUT2D eigenvalue weighted by atomic mass is 32.2. The van der Waals surface area contributed by atoms with Gasteiger partial charge < -0.3 is 14.4 Å². The molecule has 0 spiro atoms. The normalized spacial score (nSPS) is 22.7. The van der Waals surface area contributed by atoms with Gasteiger partial charge in [0.2, 0.25) is 5.91 Å². The van der Waals surface area contributed by atoms with Crippen LogP contribution in [0.25, 0.3) is 0 Å². The molecule has 0 aromatic heterocycles. The molecule has 2 aliphatic heterocycles. The van der Waals surface area contributed by atoms with Gasteiger partial charge >= 0.3 is 0 Å². The van der Waals surface area contributed by atoms with Gasteiger partial charge in [0.05, 0.1) is 5.25 Å². The molecule has 0 aliphatic carbocycles. The van der Waals surface area contributed by atoms with E-state index in [1.165, 1.54) is 0 Å². The summed E-state index contributed by atoms with van der Waals surface area (Å²) < 4.78 is 11.3. The van der Waals surface area contributed by atoms with Gasteiger partial charge in [-0.2, -0.15) is 0 Å². The minimum Gasteiger partial charge on any atom is -0.486 e. The molecule has 24 heavy (non-hydrogen) atoms. The second-order valence-corrected chi connectivity index (χ2v) is 7.41. The second kappa shape index (κ2) is 6.40. The summed E-state index contributed by atoms with van der Waals surface area (Å²) in [6.07, 6.45) is 0. The Morgan fingerprint density at radius 3 is 2.62 bits per heavy atom. The number of nitrogens with zero attached hydrogens (tertiary/aromatic N) is 1. The number of ether oxygens (including phenoxy) is 2. The zero-order valence-electron chi connectivity index (χ0n) is 13.5. The summed E-state index contributed by atoms with van der Waals surface area (Å²) in [5.74, 6) is 1.73. The van der Waals surface area contributed by atoms with Crippen LogP contribution in [0.2, 0.25) is 0 Å². The highest BCUT2D eigenvalue weighted by Crippen LogP contribution is 2.45. The van der Waals surface area contributed by atoms with E-state index >= 15 is 0 Å². The number of fused-ring (bicyclic) bond motifs is 1. The summed E-state index contributed by atoms with van der Waals surface area (Å²) in [5, 5.41) is -0.0320. The molecule has 2 aliphatic rings. The number of carbonyl (C=O) groups is 1. The van der Waals surface area contributed by atoms with Gasteiger partial charge in [0, 0.05) is 6.54 Å². The number of rotatable bonds is 3. The Labute approximate surface area is 145 Å². The van der Waals surface area contributed by atoms with E-state index in [2.05, 4.69) is 12.1 Å². The lowest BCUT2D eigenvalue weighted by Crippen LogP contribution is -2.29. The number of amides is 1. The lowest BCUT2D eigenvalue weighted by molar-refractivity contribution is -0.130. The predicted molar refractivity (Wildman–Crippen MR) is 94.2 cm³/mol. The van der Waals surface area contributed by atoms with Gasteiger partial charge in [-0.1, -0.05) is 36.4 Å². The summed E-state index contributed by atoms with van der Waals surface area (Å²) in [5.41, 5.74) is 2.22. The maximum atomic E-state index is 12.6. The van der Waals surface area contributed by atoms with E-state index in [0.717, 1.165) is 22.6 Å². The SMILES string of the molecule is C[C@@H]1S[C@@H](c2ccc3c(c2)OCCO3)N(Cc2ccccc2)C1=O. The number of thioether (sulfide) groups is 1. The summed E-state index contributed by atoms with van der Waals surface area (Å²) in [6.45, 7) is 3.75. The monoisotopic (exact) mass is 341 g/mol. The molecule has 1 amide bonds. The van der Waals surface area contributed by atoms with Gasteiger partial charge in [-0.15, -0.1) is 11.8 Å². The van der Waals surface area contributed by atoms with Crippen LogP contribution in [0, 0.1) is 0 Å². The Hall–Kier alpha value is -2.14. The topological polar surface area (TPSA) is 38.8 Å². The summed E-state index contributed by atoms with van der Waals surface area (Å²) in [6, 6.07) is 16.1. The lowest BCUT2D eigenvalue weighted by atomic mass is 10.1. The maximum absolute atomic E-state index is 12.6. The first-order chi connectivity index (χ1) is 11.7. The van der Waals surface area contributed by atoms with Crippen molar-refractivity contribution in [2.24, 2.45) is 0 Å². The number of hydrogen-bond donors (Lipinski definition) is 0. The lowest BCUT2D eigenvalue weighted by Gasteiger charge is -2.26. The van der Waals surface area contributed by atoms with E-state index in [1.807, 2.05) is 48.2 Å². The minimum atomic E-state index is -0.0353. The fourth-order valence-electron chi connectivity index (χ4n) is 3.09. The first kappa shape index (κ1) is 15.4. The number of carbonyl (C=O) groups excluding carboxylic acids is 1. The van der Waals surface area contributed by atoms with Crippen LogP contribution in [0.4, 0.5) is 0 Å². The van der Waals surface area contributed by atoms with Crippen molar-refractivity contribution in [2.75, 3.05) is 13.2 Å². The quantitative estimate of drug-likeness (QED) is 0.855. The molecular weight excluding hydrogens is 322 g/mol. The molecule has 1 fully saturated rings. The number of benzene rings is 2. The molecule has 4 rings (SSSR count). The van der Waals surface area contributed by atoms with E-state index in [1.54, 1.807) is 11.8 Å². The molecule has 2 heterocycles. The molecule has 0 saturated carbocycles. The van der Waals surface area contributed by atoms with Crippen LogP contribution >= 0.6 is 11.8 Å². The van der Waals surface area contributed by atoms with E-state index in [0.29, 0.717) is 19.8 Å². The summed E-state index contributed by atoms with van der Waals surface area (Å²) >= 11 is 1.68. The Bertz CT molecular complexity index is 750. The van der Waals surface area contributed by atoms with Crippen molar-refractivity contribution in [3.05, 3.63) is 59.7 Å². The standard InChI is InChI=1S/C19H19NO3S/c1-13-18(21)20(12-14-5-3-2-4-6-14)19(24-13)15-7-8-16-17(11-15)23-10-9-22-16/h2-8,11,13,19H,9-10,12H2,1H3/t13-,19-/m0/s1. The maximum Gasteiger partial charge on any atom is 0.236 e. The largest absolute Gasteiger partial charge is 0.486 e. The first-order valence-corrected chi connectivity index (χ1v) is 9.06. The third-order valence-electron chi connectivity index (χ3n) is 4.29. The van der Waals surface area contributed by atoms with Crippen LogP contribution in [0.3, 0.4) is 0 Å². The third kappa shape index (κ3) is 2.84. The molecule has 2 aromatic carbocycles. The number of hydrogen-bond acceptors (Lipinski definition) is 4. The molecule has 4 nitrogen and oxygen atoms in total. The van der Waals surface area contributed by atoms with Gasteiger partial charge in [-0.25, -0.2) is 0 Å². The molecule has 0 radical (unpaired) electrons. The average Bonchev–Trinajstić information content (AvgIpc) is 2.90. The fraction of sp³-hybridized carbons (Fsp3) is 0.316. The second-order valence-electron chi connectivity index (χ2n) is 5.99. The van der Waals surface area contributed by atoms with Crippen molar-refractivity contribution in [3.63, 3.8) is 0 Å². The molecule has 0 unspecified atom stereocenters. The van der Waals surface area contributed by atoms with E-state index in [9.17, 15) is 4.79 Å². The predicted octanol–water partition coefficient (Wildman–Crippen LogP) is 3.62. The zero-order valence-corrected chi connectivity index (χ0v) is 14.3. The van der Waals surface area contributed by atoms with E-state index in [-0.39, 0.29) is 16.5 Å². The molecule has 0 bridgehead atoms. The Balaban J connectivity index is 1.63. The average molecular weight is 341 g/mol. The van der Waals surface area contributed by atoms with Crippen molar-refractivity contribution >= 4 is 17.7 Å². The van der Waals surface area contributed by atoms with Crippen molar-refractivity contribution in [3.8, 4) is 11.5 Å². The Morgan fingerprint density at radius 2 is 1.83 bits per heavy atom. The van der Waals surface area contributed by atoms with E-state index < -0.39 is 0 Å². The van der Waals surface area contributed by atoms with E-state index in [4.69, 9.17) is 9.47 Å². The van der Waals surface area contributed by atoms with Crippen LogP contribution < -0.4 is 9.47 Å². The Kier molecular flexibility index (Phi) is 4.10. The molecule has 2 atom stereocenters. The first-order valence-electron chi connectivity index (χ1n) is 8.12. The van der Waals surface area contributed by atoms with Gasteiger partial charge in [-0.3, -0.25) is 4.79 Å². The molecule has 1 saturated heterocycles. The van der Waals surface area contributed by atoms with Crippen LogP contribution in [0.5, 0.6) is 11.5 Å².